The van der Waals surface area contributed by atoms with E-state index in [1.807, 2.05) is 32.0 Å². The van der Waals surface area contributed by atoms with E-state index in [2.05, 4.69) is 10.6 Å². The Hall–Kier alpha value is -1.55. The van der Waals surface area contributed by atoms with E-state index in [-0.39, 0.29) is 11.8 Å². The second-order valence-electron chi connectivity index (χ2n) is 4.94. The number of nitrogens with one attached hydrogen (secondary N) is 2. The molecule has 0 bridgehead atoms. The molecule has 4 heteroatoms. The molecule has 0 radical (unpaired) electrons. The SMILES string of the molecule is CCOc1ccc(NC(=O)[C@@H]2CCCNC2)c(C)c1. The van der Waals surface area contributed by atoms with E-state index in [0.717, 1.165) is 42.9 Å². The molecule has 104 valence electrons. The van der Waals surface area contributed by atoms with Crippen molar-refractivity contribution in [3.8, 4) is 5.75 Å². The average Bonchev–Trinajstić information content (AvgIpc) is 2.43. The minimum Gasteiger partial charge on any atom is -0.494 e. The van der Waals surface area contributed by atoms with Gasteiger partial charge < -0.3 is 15.4 Å². The molecule has 0 aromatic heterocycles. The summed E-state index contributed by atoms with van der Waals surface area (Å²) in [5.74, 6) is 1.04. The van der Waals surface area contributed by atoms with Crippen LogP contribution in [0, 0.1) is 12.8 Å². The third kappa shape index (κ3) is 3.70. The number of aryl methyl sites for hydroxylation is 1. The number of piperidine rings is 1. The lowest BCUT2D eigenvalue weighted by Gasteiger charge is -2.22. The number of benzene rings is 1. The fourth-order valence-electron chi connectivity index (χ4n) is 2.34. The van der Waals surface area contributed by atoms with Crippen LogP contribution in [0.1, 0.15) is 25.3 Å². The van der Waals surface area contributed by atoms with Gasteiger partial charge in [0.25, 0.3) is 0 Å². The van der Waals surface area contributed by atoms with Gasteiger partial charge in [-0.15, -0.1) is 0 Å². The number of ether oxygens (including phenoxy) is 1. The minimum atomic E-state index is 0.0831. The molecule has 0 spiro atoms. The van der Waals surface area contributed by atoms with Gasteiger partial charge in [0.2, 0.25) is 5.91 Å². The second-order valence-corrected chi connectivity index (χ2v) is 4.94. The summed E-state index contributed by atoms with van der Waals surface area (Å²) in [5, 5.41) is 6.28. The first kappa shape index (κ1) is 13.9. The number of hydrogen-bond acceptors (Lipinski definition) is 3. The van der Waals surface area contributed by atoms with Crippen molar-refractivity contribution in [2.75, 3.05) is 25.0 Å². The molecular formula is C15H22N2O2. The molecule has 1 heterocycles. The maximum atomic E-state index is 12.1. The Morgan fingerprint density at radius 1 is 1.53 bits per heavy atom. The van der Waals surface area contributed by atoms with Crippen LogP contribution in [0.5, 0.6) is 5.75 Å². The van der Waals surface area contributed by atoms with Crippen molar-refractivity contribution in [3.05, 3.63) is 23.8 Å². The van der Waals surface area contributed by atoms with Gasteiger partial charge >= 0.3 is 0 Å². The molecule has 1 fully saturated rings. The monoisotopic (exact) mass is 262 g/mol. The lowest BCUT2D eigenvalue weighted by Crippen LogP contribution is -2.37. The Bertz CT molecular complexity index is 440. The average molecular weight is 262 g/mol. The Balaban J connectivity index is 2.00. The zero-order valence-electron chi connectivity index (χ0n) is 11.7. The van der Waals surface area contributed by atoms with Gasteiger partial charge in [-0.1, -0.05) is 0 Å². The van der Waals surface area contributed by atoms with E-state index < -0.39 is 0 Å². The van der Waals surface area contributed by atoms with E-state index in [0.29, 0.717) is 6.61 Å². The zero-order chi connectivity index (χ0) is 13.7. The predicted molar refractivity (Wildman–Crippen MR) is 76.6 cm³/mol. The van der Waals surface area contributed by atoms with Gasteiger partial charge in [0, 0.05) is 12.2 Å². The quantitative estimate of drug-likeness (QED) is 0.875. The highest BCUT2D eigenvalue weighted by Gasteiger charge is 2.21. The topological polar surface area (TPSA) is 50.4 Å². The van der Waals surface area contributed by atoms with Crippen LogP contribution >= 0.6 is 0 Å². The number of rotatable bonds is 4. The first-order valence-electron chi connectivity index (χ1n) is 6.95. The highest BCUT2D eigenvalue weighted by Crippen LogP contribution is 2.22. The molecule has 4 nitrogen and oxygen atoms in total. The largest absolute Gasteiger partial charge is 0.494 e. The molecule has 1 aliphatic heterocycles. The van der Waals surface area contributed by atoms with Crippen molar-refractivity contribution in [1.29, 1.82) is 0 Å². The Labute approximate surface area is 114 Å². The number of anilines is 1. The van der Waals surface area contributed by atoms with Crippen LogP contribution in [0.2, 0.25) is 0 Å². The van der Waals surface area contributed by atoms with Crippen molar-refractivity contribution >= 4 is 11.6 Å². The molecule has 1 saturated heterocycles. The van der Waals surface area contributed by atoms with Crippen LogP contribution in [0.15, 0.2) is 18.2 Å². The van der Waals surface area contributed by atoms with Gasteiger partial charge in [-0.3, -0.25) is 4.79 Å². The summed E-state index contributed by atoms with van der Waals surface area (Å²) >= 11 is 0. The summed E-state index contributed by atoms with van der Waals surface area (Å²) in [6, 6.07) is 5.76. The van der Waals surface area contributed by atoms with Gasteiger partial charge in [-0.2, -0.15) is 0 Å². The molecule has 1 aromatic carbocycles. The molecule has 1 amide bonds. The highest BCUT2D eigenvalue weighted by atomic mass is 16.5. The molecule has 0 unspecified atom stereocenters. The molecule has 1 aromatic rings. The summed E-state index contributed by atoms with van der Waals surface area (Å²) in [4.78, 5) is 12.1. The van der Waals surface area contributed by atoms with Crippen molar-refractivity contribution < 1.29 is 9.53 Å². The predicted octanol–water partition coefficient (Wildman–Crippen LogP) is 2.33. The van der Waals surface area contributed by atoms with Crippen LogP contribution in [0.25, 0.3) is 0 Å². The summed E-state index contributed by atoms with van der Waals surface area (Å²) in [6.07, 6.45) is 2.04. The highest BCUT2D eigenvalue weighted by molar-refractivity contribution is 5.93. The van der Waals surface area contributed by atoms with E-state index >= 15 is 0 Å². The number of amides is 1. The molecule has 1 aliphatic rings. The molecule has 1 atom stereocenters. The molecule has 2 rings (SSSR count). The maximum Gasteiger partial charge on any atom is 0.228 e. The Morgan fingerprint density at radius 2 is 2.37 bits per heavy atom. The first-order chi connectivity index (χ1) is 9.20. The molecule has 0 aliphatic carbocycles. The first-order valence-corrected chi connectivity index (χ1v) is 6.95. The molecule has 0 saturated carbocycles. The normalized spacial score (nSPS) is 18.9. The standard InChI is InChI=1S/C15H22N2O2/c1-3-19-13-6-7-14(11(2)9-13)17-15(18)12-5-4-8-16-10-12/h6-7,9,12,16H,3-5,8,10H2,1-2H3,(H,17,18)/t12-/m1/s1. The third-order valence-corrected chi connectivity index (χ3v) is 3.43. The van der Waals surface area contributed by atoms with E-state index in [4.69, 9.17) is 4.74 Å². The maximum absolute atomic E-state index is 12.1. The van der Waals surface area contributed by atoms with Gasteiger partial charge in [-0.05, 0) is 57.0 Å². The number of carbonyl (C=O) groups excluding carboxylic acids is 1. The van der Waals surface area contributed by atoms with Crippen LogP contribution < -0.4 is 15.4 Å². The summed E-state index contributed by atoms with van der Waals surface area (Å²) < 4.78 is 5.44. The Morgan fingerprint density at radius 3 is 3.00 bits per heavy atom. The van der Waals surface area contributed by atoms with Crippen LogP contribution in [0.3, 0.4) is 0 Å². The van der Waals surface area contributed by atoms with Gasteiger partial charge in [0.15, 0.2) is 0 Å². The fourth-order valence-corrected chi connectivity index (χ4v) is 2.34. The van der Waals surface area contributed by atoms with Crippen molar-refractivity contribution in [2.24, 2.45) is 5.92 Å². The lowest BCUT2D eigenvalue weighted by atomic mass is 9.98. The number of carbonyl (C=O) groups is 1. The summed E-state index contributed by atoms with van der Waals surface area (Å²) in [7, 11) is 0. The van der Waals surface area contributed by atoms with Crippen LogP contribution in [0.4, 0.5) is 5.69 Å². The van der Waals surface area contributed by atoms with E-state index in [1.54, 1.807) is 0 Å². The molecular weight excluding hydrogens is 240 g/mol. The zero-order valence-corrected chi connectivity index (χ0v) is 11.7. The van der Waals surface area contributed by atoms with Crippen molar-refractivity contribution in [2.45, 2.75) is 26.7 Å². The smallest absolute Gasteiger partial charge is 0.228 e. The van der Waals surface area contributed by atoms with Crippen molar-refractivity contribution in [3.63, 3.8) is 0 Å². The van der Waals surface area contributed by atoms with Crippen LogP contribution in [-0.2, 0) is 4.79 Å². The van der Waals surface area contributed by atoms with E-state index in [9.17, 15) is 4.79 Å². The summed E-state index contributed by atoms with van der Waals surface area (Å²) in [5.41, 5.74) is 1.90. The van der Waals surface area contributed by atoms with Gasteiger partial charge in [0.1, 0.15) is 5.75 Å². The van der Waals surface area contributed by atoms with E-state index in [1.165, 1.54) is 0 Å². The molecule has 2 N–H and O–H groups in total. The lowest BCUT2D eigenvalue weighted by molar-refractivity contribution is -0.120. The second kappa shape index (κ2) is 6.57. The summed E-state index contributed by atoms with van der Waals surface area (Å²) in [6.45, 7) is 6.39. The molecule has 19 heavy (non-hydrogen) atoms. The third-order valence-electron chi connectivity index (χ3n) is 3.43. The van der Waals surface area contributed by atoms with Gasteiger partial charge in [-0.25, -0.2) is 0 Å². The fraction of sp³-hybridized carbons (Fsp3) is 0.533. The van der Waals surface area contributed by atoms with Crippen molar-refractivity contribution in [1.82, 2.24) is 5.32 Å². The Kier molecular flexibility index (Phi) is 4.80. The van der Waals surface area contributed by atoms with Crippen LogP contribution in [-0.4, -0.2) is 25.6 Å². The number of hydrogen-bond donors (Lipinski definition) is 2. The minimum absolute atomic E-state index is 0.0831. The van der Waals surface area contributed by atoms with Gasteiger partial charge in [0.05, 0.1) is 12.5 Å².